The van der Waals surface area contributed by atoms with E-state index in [1.54, 1.807) is 0 Å². The van der Waals surface area contributed by atoms with E-state index in [-0.39, 0.29) is 24.2 Å². The molecule has 2 N–H and O–H groups in total. The van der Waals surface area contributed by atoms with Crippen LogP contribution in [0.1, 0.15) is 25.7 Å². The molecular weight excluding hydrogens is 242 g/mol. The summed E-state index contributed by atoms with van der Waals surface area (Å²) in [5, 5.41) is 0. The van der Waals surface area contributed by atoms with Crippen LogP contribution in [0.5, 0.6) is 0 Å². The monoisotopic (exact) mass is 263 g/mol. The summed E-state index contributed by atoms with van der Waals surface area (Å²) >= 11 is 0. The Bertz CT molecular complexity index is 375. The van der Waals surface area contributed by atoms with Crippen LogP contribution >= 0.6 is 0 Å². The van der Waals surface area contributed by atoms with E-state index in [1.165, 1.54) is 13.4 Å². The molecule has 0 heterocycles. The highest BCUT2D eigenvalue weighted by Gasteiger charge is 2.50. The van der Waals surface area contributed by atoms with E-state index in [4.69, 9.17) is 10.5 Å². The number of methoxy groups -OCH3 is 1. The van der Waals surface area contributed by atoms with Crippen molar-refractivity contribution in [3.05, 3.63) is 0 Å². The molecule has 100 valence electrons. The molecule has 5 nitrogen and oxygen atoms in total. The lowest BCUT2D eigenvalue weighted by Crippen LogP contribution is -2.42. The predicted molar refractivity (Wildman–Crippen MR) is 65.2 cm³/mol. The standard InChI is InChI=1S/C11H21NO4S/c1-16-10(13)11(8-12,9-4-5-9)6-3-7-17(2,14)15/h9H,3-8,12H2,1-2H3. The van der Waals surface area contributed by atoms with E-state index in [9.17, 15) is 13.2 Å². The average Bonchev–Trinajstić information content (AvgIpc) is 3.06. The summed E-state index contributed by atoms with van der Waals surface area (Å²) in [6.45, 7) is 0.230. The zero-order chi connectivity index (χ0) is 13.1. The van der Waals surface area contributed by atoms with Gasteiger partial charge in [0.25, 0.3) is 0 Å². The Labute approximate surface area is 103 Å². The van der Waals surface area contributed by atoms with Crippen molar-refractivity contribution in [3.8, 4) is 0 Å². The lowest BCUT2D eigenvalue weighted by Gasteiger charge is -2.29. The highest BCUT2D eigenvalue weighted by atomic mass is 32.2. The Balaban J connectivity index is 2.67. The smallest absolute Gasteiger partial charge is 0.313 e. The molecule has 1 aliphatic carbocycles. The van der Waals surface area contributed by atoms with Crippen molar-refractivity contribution in [3.63, 3.8) is 0 Å². The van der Waals surface area contributed by atoms with Crippen molar-refractivity contribution >= 4 is 15.8 Å². The fourth-order valence-electron chi connectivity index (χ4n) is 2.31. The lowest BCUT2D eigenvalue weighted by molar-refractivity contribution is -0.154. The fourth-order valence-corrected chi connectivity index (χ4v) is 2.98. The maximum atomic E-state index is 11.9. The van der Waals surface area contributed by atoms with Crippen LogP contribution in [0.25, 0.3) is 0 Å². The molecule has 0 aromatic carbocycles. The topological polar surface area (TPSA) is 86.5 Å². The second kappa shape index (κ2) is 5.35. The summed E-state index contributed by atoms with van der Waals surface area (Å²) in [6.07, 6.45) is 4.11. The van der Waals surface area contributed by atoms with Crippen molar-refractivity contribution in [1.29, 1.82) is 0 Å². The Hall–Kier alpha value is -0.620. The second-order valence-electron chi connectivity index (χ2n) is 4.86. The molecular formula is C11H21NO4S. The molecule has 0 radical (unpaired) electrons. The first kappa shape index (κ1) is 14.4. The highest BCUT2D eigenvalue weighted by Crippen LogP contribution is 2.48. The molecule has 0 spiro atoms. The van der Waals surface area contributed by atoms with Gasteiger partial charge in [0.15, 0.2) is 0 Å². The maximum Gasteiger partial charge on any atom is 0.313 e. The molecule has 0 amide bonds. The van der Waals surface area contributed by atoms with Crippen molar-refractivity contribution in [2.45, 2.75) is 25.7 Å². The van der Waals surface area contributed by atoms with Crippen LogP contribution in [0.15, 0.2) is 0 Å². The minimum Gasteiger partial charge on any atom is -0.469 e. The number of carbonyl (C=O) groups excluding carboxylic acids is 1. The van der Waals surface area contributed by atoms with E-state index < -0.39 is 15.3 Å². The van der Waals surface area contributed by atoms with Crippen LogP contribution in [-0.4, -0.2) is 40.1 Å². The van der Waals surface area contributed by atoms with E-state index >= 15 is 0 Å². The Morgan fingerprint density at radius 2 is 2.06 bits per heavy atom. The van der Waals surface area contributed by atoms with E-state index in [0.29, 0.717) is 12.8 Å². The minimum atomic E-state index is -2.99. The van der Waals surface area contributed by atoms with Crippen LogP contribution in [0.4, 0.5) is 0 Å². The van der Waals surface area contributed by atoms with Gasteiger partial charge >= 0.3 is 5.97 Å². The normalized spacial score (nSPS) is 19.7. The third kappa shape index (κ3) is 3.67. The minimum absolute atomic E-state index is 0.0957. The van der Waals surface area contributed by atoms with E-state index in [0.717, 1.165) is 12.8 Å². The molecule has 0 aromatic rings. The number of hydrogen-bond donors (Lipinski definition) is 1. The third-order valence-corrected chi connectivity index (χ3v) is 4.48. The fraction of sp³-hybridized carbons (Fsp3) is 0.909. The molecule has 1 fully saturated rings. The van der Waals surface area contributed by atoms with Crippen molar-refractivity contribution in [1.82, 2.24) is 0 Å². The van der Waals surface area contributed by atoms with Crippen molar-refractivity contribution in [2.75, 3.05) is 25.7 Å². The van der Waals surface area contributed by atoms with Gasteiger partial charge in [-0.2, -0.15) is 0 Å². The number of hydrogen-bond acceptors (Lipinski definition) is 5. The van der Waals surface area contributed by atoms with Crippen molar-refractivity contribution < 1.29 is 17.9 Å². The molecule has 0 aromatic heterocycles. The van der Waals surface area contributed by atoms with Gasteiger partial charge in [0, 0.05) is 18.6 Å². The number of ether oxygens (including phenoxy) is 1. The zero-order valence-electron chi connectivity index (χ0n) is 10.4. The number of carbonyl (C=O) groups is 1. The molecule has 0 bridgehead atoms. The number of rotatable bonds is 7. The van der Waals surface area contributed by atoms with Gasteiger partial charge in [0.1, 0.15) is 9.84 Å². The van der Waals surface area contributed by atoms with Crippen LogP contribution in [0.3, 0.4) is 0 Å². The van der Waals surface area contributed by atoms with Gasteiger partial charge in [-0.25, -0.2) is 8.42 Å². The number of esters is 1. The summed E-state index contributed by atoms with van der Waals surface area (Å²) in [4.78, 5) is 11.9. The molecule has 0 aliphatic heterocycles. The molecule has 1 unspecified atom stereocenters. The summed E-state index contributed by atoms with van der Waals surface area (Å²) in [7, 11) is -1.63. The van der Waals surface area contributed by atoms with E-state index in [2.05, 4.69) is 0 Å². The van der Waals surface area contributed by atoms with Gasteiger partial charge in [0.2, 0.25) is 0 Å². The van der Waals surface area contributed by atoms with Crippen LogP contribution in [0, 0.1) is 11.3 Å². The van der Waals surface area contributed by atoms with Gasteiger partial charge in [-0.1, -0.05) is 0 Å². The number of sulfone groups is 1. The van der Waals surface area contributed by atoms with Gasteiger partial charge < -0.3 is 10.5 Å². The quantitative estimate of drug-likeness (QED) is 0.669. The second-order valence-corrected chi connectivity index (χ2v) is 7.12. The Kier molecular flexibility index (Phi) is 4.55. The first-order valence-electron chi connectivity index (χ1n) is 5.82. The van der Waals surface area contributed by atoms with Gasteiger partial charge in [-0.15, -0.1) is 0 Å². The van der Waals surface area contributed by atoms with Gasteiger partial charge in [0.05, 0.1) is 12.5 Å². The molecule has 6 heteroatoms. The largest absolute Gasteiger partial charge is 0.469 e. The molecule has 0 saturated heterocycles. The third-order valence-electron chi connectivity index (χ3n) is 3.45. The Morgan fingerprint density at radius 3 is 2.41 bits per heavy atom. The molecule has 1 saturated carbocycles. The summed E-state index contributed by atoms with van der Waals surface area (Å²) in [6, 6.07) is 0. The van der Waals surface area contributed by atoms with Crippen molar-refractivity contribution in [2.24, 2.45) is 17.1 Å². The average molecular weight is 263 g/mol. The SMILES string of the molecule is COC(=O)C(CN)(CCCS(C)(=O)=O)C1CC1. The molecule has 1 rings (SSSR count). The van der Waals surface area contributed by atoms with Crippen LogP contribution < -0.4 is 5.73 Å². The molecule has 1 aliphatic rings. The first-order valence-corrected chi connectivity index (χ1v) is 7.88. The Morgan fingerprint density at radius 1 is 1.47 bits per heavy atom. The van der Waals surface area contributed by atoms with Gasteiger partial charge in [-0.3, -0.25) is 4.79 Å². The molecule has 17 heavy (non-hydrogen) atoms. The van der Waals surface area contributed by atoms with Gasteiger partial charge in [-0.05, 0) is 31.6 Å². The maximum absolute atomic E-state index is 11.9. The highest BCUT2D eigenvalue weighted by molar-refractivity contribution is 7.90. The first-order chi connectivity index (χ1) is 7.85. The predicted octanol–water partition coefficient (Wildman–Crippen LogP) is 0.339. The summed E-state index contributed by atoms with van der Waals surface area (Å²) in [5.74, 6) is 0.0638. The number of nitrogens with two attached hydrogens (primary N) is 1. The lowest BCUT2D eigenvalue weighted by atomic mass is 9.78. The zero-order valence-corrected chi connectivity index (χ0v) is 11.3. The summed E-state index contributed by atoms with van der Waals surface area (Å²) < 4.78 is 27.0. The van der Waals surface area contributed by atoms with Crippen LogP contribution in [-0.2, 0) is 19.4 Å². The van der Waals surface area contributed by atoms with Crippen LogP contribution in [0.2, 0.25) is 0 Å². The summed E-state index contributed by atoms with van der Waals surface area (Å²) in [5.41, 5.74) is 5.06. The van der Waals surface area contributed by atoms with E-state index in [1.807, 2.05) is 0 Å². The molecule has 1 atom stereocenters.